The molecule has 24 heavy (non-hydrogen) atoms. The van der Waals surface area contributed by atoms with Crippen molar-refractivity contribution in [2.75, 3.05) is 26.7 Å². The van der Waals surface area contributed by atoms with Crippen LogP contribution in [0.5, 0.6) is 0 Å². The summed E-state index contributed by atoms with van der Waals surface area (Å²) in [4.78, 5) is 2.30. The fourth-order valence-corrected chi connectivity index (χ4v) is 3.84. The lowest BCUT2D eigenvalue weighted by molar-refractivity contribution is 0.0620. The second kappa shape index (κ2) is 7.18. The second-order valence-electron chi connectivity index (χ2n) is 6.79. The van der Waals surface area contributed by atoms with Crippen molar-refractivity contribution >= 4 is 11.6 Å². The average Bonchev–Trinajstić information content (AvgIpc) is 3.14. The molecule has 1 aliphatic carbocycles. The zero-order chi connectivity index (χ0) is 17.3. The van der Waals surface area contributed by atoms with E-state index in [1.807, 2.05) is 6.08 Å². The van der Waals surface area contributed by atoms with Gasteiger partial charge in [-0.3, -0.25) is 0 Å². The average molecular weight is 347 g/mol. The molecule has 2 aliphatic heterocycles. The van der Waals surface area contributed by atoms with Crippen LogP contribution in [0.25, 0.3) is 0 Å². The van der Waals surface area contributed by atoms with Gasteiger partial charge in [0.15, 0.2) is 0 Å². The van der Waals surface area contributed by atoms with Gasteiger partial charge in [-0.25, -0.2) is 5.01 Å². The maximum absolute atomic E-state index is 6.28. The first-order valence-corrected chi connectivity index (χ1v) is 8.95. The smallest absolute Gasteiger partial charge is 0.0740 e. The summed E-state index contributed by atoms with van der Waals surface area (Å²) >= 11 is 6.28. The molecule has 2 atom stereocenters. The Morgan fingerprint density at radius 2 is 2.25 bits per heavy atom. The fraction of sp³-hybridized carbons (Fsp3) is 0.474. The van der Waals surface area contributed by atoms with E-state index in [0.29, 0.717) is 0 Å². The SMILES string of the molecule is C=CC1=C(C2C=CN(CC(=C)N3CCC(N)C3)N2C)C=C(Cl)CC1. The minimum absolute atomic E-state index is 0.195. The molecule has 2 heterocycles. The molecule has 0 spiro atoms. The maximum Gasteiger partial charge on any atom is 0.0740 e. The van der Waals surface area contributed by atoms with Crippen molar-refractivity contribution < 1.29 is 0 Å². The van der Waals surface area contributed by atoms with E-state index in [0.717, 1.165) is 49.6 Å². The molecule has 3 aliphatic rings. The molecule has 130 valence electrons. The Morgan fingerprint density at radius 3 is 2.92 bits per heavy atom. The highest BCUT2D eigenvalue weighted by Crippen LogP contribution is 2.33. The molecule has 0 radical (unpaired) electrons. The van der Waals surface area contributed by atoms with Crippen LogP contribution in [0, 0.1) is 0 Å². The summed E-state index contributed by atoms with van der Waals surface area (Å²) in [5.41, 5.74) is 9.66. The van der Waals surface area contributed by atoms with Gasteiger partial charge >= 0.3 is 0 Å². The third-order valence-corrected chi connectivity index (χ3v) is 5.44. The Labute approximate surface area is 150 Å². The molecule has 1 saturated heterocycles. The summed E-state index contributed by atoms with van der Waals surface area (Å²) in [5, 5.41) is 5.37. The van der Waals surface area contributed by atoms with Gasteiger partial charge in [-0.2, -0.15) is 0 Å². The van der Waals surface area contributed by atoms with Gasteiger partial charge in [0, 0.05) is 43.1 Å². The molecular formula is C19H27ClN4. The number of likely N-dealkylation sites (N-methyl/N-ethyl adjacent to an activating group) is 1. The zero-order valence-corrected chi connectivity index (χ0v) is 15.2. The second-order valence-corrected chi connectivity index (χ2v) is 7.28. The highest BCUT2D eigenvalue weighted by Gasteiger charge is 2.29. The molecule has 0 aromatic rings. The molecule has 2 N–H and O–H groups in total. The summed E-state index contributed by atoms with van der Waals surface area (Å²) in [6.07, 6.45) is 11.3. The first kappa shape index (κ1) is 17.3. The number of hydrogen-bond donors (Lipinski definition) is 1. The van der Waals surface area contributed by atoms with Crippen molar-refractivity contribution in [2.24, 2.45) is 5.73 Å². The van der Waals surface area contributed by atoms with E-state index in [1.54, 1.807) is 0 Å². The Morgan fingerprint density at radius 1 is 1.46 bits per heavy atom. The molecule has 5 heteroatoms. The number of rotatable bonds is 5. The van der Waals surface area contributed by atoms with Gasteiger partial charge in [0.05, 0.1) is 12.6 Å². The Hall–Kier alpha value is -1.49. The minimum Gasteiger partial charge on any atom is -0.372 e. The van der Waals surface area contributed by atoms with Crippen LogP contribution >= 0.6 is 11.6 Å². The standard InChI is InChI=1S/C19H27ClN4/c1-4-15-5-6-16(20)11-18(15)19-8-10-24(22(19)3)12-14(2)23-9-7-17(21)13-23/h4,8,10-11,17,19H,1-2,5-7,9,12-13,21H2,3H3. The summed E-state index contributed by atoms with van der Waals surface area (Å²) < 4.78 is 0. The van der Waals surface area contributed by atoms with E-state index >= 15 is 0 Å². The van der Waals surface area contributed by atoms with Gasteiger partial charge in [-0.1, -0.05) is 30.8 Å². The van der Waals surface area contributed by atoms with Crippen molar-refractivity contribution in [3.05, 3.63) is 59.5 Å². The van der Waals surface area contributed by atoms with E-state index in [4.69, 9.17) is 17.3 Å². The molecule has 1 fully saturated rings. The molecule has 0 aromatic heterocycles. The van der Waals surface area contributed by atoms with Crippen LogP contribution < -0.4 is 5.73 Å². The van der Waals surface area contributed by atoms with Crippen LogP contribution in [0.3, 0.4) is 0 Å². The molecular weight excluding hydrogens is 320 g/mol. The van der Waals surface area contributed by atoms with Crippen molar-refractivity contribution in [3.8, 4) is 0 Å². The molecule has 0 amide bonds. The van der Waals surface area contributed by atoms with Crippen LogP contribution in [-0.4, -0.2) is 53.7 Å². The highest BCUT2D eigenvalue weighted by atomic mass is 35.5. The van der Waals surface area contributed by atoms with E-state index < -0.39 is 0 Å². The van der Waals surface area contributed by atoms with E-state index in [2.05, 4.69) is 53.5 Å². The summed E-state index contributed by atoms with van der Waals surface area (Å²) in [6, 6.07) is 0.469. The third-order valence-electron chi connectivity index (χ3n) is 5.15. The monoisotopic (exact) mass is 346 g/mol. The van der Waals surface area contributed by atoms with Crippen LogP contribution in [0.1, 0.15) is 19.3 Å². The maximum atomic E-state index is 6.28. The highest BCUT2D eigenvalue weighted by molar-refractivity contribution is 6.29. The zero-order valence-electron chi connectivity index (χ0n) is 14.4. The van der Waals surface area contributed by atoms with E-state index in [9.17, 15) is 0 Å². The number of likely N-dealkylation sites (tertiary alicyclic amines) is 1. The van der Waals surface area contributed by atoms with Crippen molar-refractivity contribution in [3.63, 3.8) is 0 Å². The molecule has 0 saturated carbocycles. The Kier molecular flexibility index (Phi) is 5.18. The number of halogens is 1. The third kappa shape index (κ3) is 3.46. The summed E-state index contributed by atoms with van der Waals surface area (Å²) in [5.74, 6) is 0. The van der Waals surface area contributed by atoms with Gasteiger partial charge < -0.3 is 15.6 Å². The number of nitrogens with zero attached hydrogens (tertiary/aromatic N) is 3. The van der Waals surface area contributed by atoms with E-state index in [1.165, 1.54) is 11.1 Å². The van der Waals surface area contributed by atoms with E-state index in [-0.39, 0.29) is 12.1 Å². The largest absolute Gasteiger partial charge is 0.372 e. The van der Waals surface area contributed by atoms with Gasteiger partial charge in [-0.15, -0.1) is 0 Å². The topological polar surface area (TPSA) is 35.7 Å². The normalized spacial score (nSPS) is 27.9. The predicted octanol–water partition coefficient (Wildman–Crippen LogP) is 2.98. The molecule has 0 aromatic carbocycles. The fourth-order valence-electron chi connectivity index (χ4n) is 3.63. The molecule has 0 bridgehead atoms. The molecule has 3 rings (SSSR count). The first-order chi connectivity index (χ1) is 11.5. The van der Waals surface area contributed by atoms with Crippen LogP contribution in [0.2, 0.25) is 0 Å². The molecule has 4 nitrogen and oxygen atoms in total. The predicted molar refractivity (Wildman–Crippen MR) is 101 cm³/mol. The van der Waals surface area contributed by atoms with Gasteiger partial charge in [-0.05, 0) is 42.6 Å². The quantitative estimate of drug-likeness (QED) is 0.830. The number of allylic oxidation sites excluding steroid dienone is 3. The Balaban J connectivity index is 1.68. The number of hydrazine groups is 1. The Bertz CT molecular complexity index is 619. The van der Waals surface area contributed by atoms with Crippen LogP contribution in [0.15, 0.2) is 59.5 Å². The lowest BCUT2D eigenvalue weighted by Gasteiger charge is -2.34. The molecule has 2 unspecified atom stereocenters. The van der Waals surface area contributed by atoms with Crippen LogP contribution in [-0.2, 0) is 0 Å². The number of nitrogens with two attached hydrogens (primary N) is 1. The van der Waals surface area contributed by atoms with Crippen molar-refractivity contribution in [2.45, 2.75) is 31.3 Å². The lowest BCUT2D eigenvalue weighted by atomic mass is 9.92. The van der Waals surface area contributed by atoms with Gasteiger partial charge in [0.25, 0.3) is 0 Å². The minimum atomic E-state index is 0.195. The summed E-state index contributed by atoms with van der Waals surface area (Å²) in [6.45, 7) is 10.9. The van der Waals surface area contributed by atoms with Gasteiger partial charge in [0.1, 0.15) is 0 Å². The first-order valence-electron chi connectivity index (χ1n) is 8.57. The van der Waals surface area contributed by atoms with Crippen molar-refractivity contribution in [1.82, 2.24) is 14.9 Å². The lowest BCUT2D eigenvalue weighted by Crippen LogP contribution is -2.41. The van der Waals surface area contributed by atoms with Crippen molar-refractivity contribution in [1.29, 1.82) is 0 Å². The number of hydrogen-bond acceptors (Lipinski definition) is 4. The van der Waals surface area contributed by atoms with Crippen LogP contribution in [0.4, 0.5) is 0 Å². The summed E-state index contributed by atoms with van der Waals surface area (Å²) in [7, 11) is 2.11. The van der Waals surface area contributed by atoms with Gasteiger partial charge in [0.2, 0.25) is 0 Å².